The fourth-order valence-electron chi connectivity index (χ4n) is 2.72. The van der Waals surface area contributed by atoms with Gasteiger partial charge in [-0.05, 0) is 30.2 Å². The first-order chi connectivity index (χ1) is 11.7. The summed E-state index contributed by atoms with van der Waals surface area (Å²) < 4.78 is 5.80. The molecule has 0 aliphatic carbocycles. The lowest BCUT2D eigenvalue weighted by Gasteiger charge is -2.12. The van der Waals surface area contributed by atoms with Crippen LogP contribution in [0.1, 0.15) is 28.5 Å². The van der Waals surface area contributed by atoms with Gasteiger partial charge in [-0.25, -0.2) is 4.98 Å². The van der Waals surface area contributed by atoms with E-state index in [2.05, 4.69) is 4.98 Å². The van der Waals surface area contributed by atoms with Crippen molar-refractivity contribution in [1.29, 1.82) is 0 Å². The Morgan fingerprint density at radius 3 is 2.46 bits per heavy atom. The van der Waals surface area contributed by atoms with Crippen molar-refractivity contribution in [2.45, 2.75) is 19.3 Å². The zero-order valence-electron chi connectivity index (χ0n) is 13.6. The van der Waals surface area contributed by atoms with Crippen LogP contribution < -0.4 is 0 Å². The Kier molecular flexibility index (Phi) is 5.08. The second kappa shape index (κ2) is 7.43. The fourth-order valence-corrected chi connectivity index (χ4v) is 2.72. The minimum atomic E-state index is -0.247. The largest absolute Gasteiger partial charge is 0.441 e. The molecule has 124 valence electrons. The second-order valence-electron chi connectivity index (χ2n) is 5.87. The van der Waals surface area contributed by atoms with E-state index in [0.29, 0.717) is 12.3 Å². The Bertz CT molecular complexity index is 792. The van der Waals surface area contributed by atoms with E-state index in [-0.39, 0.29) is 19.1 Å². The molecule has 4 nitrogen and oxygen atoms in total. The molecule has 0 saturated heterocycles. The van der Waals surface area contributed by atoms with Gasteiger partial charge < -0.3 is 14.6 Å². The maximum Gasteiger partial charge on any atom is 0.226 e. The van der Waals surface area contributed by atoms with Gasteiger partial charge in [0.05, 0.1) is 18.9 Å². The first-order valence-corrected chi connectivity index (χ1v) is 8.03. The summed E-state index contributed by atoms with van der Waals surface area (Å²) in [5, 5.41) is 18.7. The smallest absolute Gasteiger partial charge is 0.226 e. The van der Waals surface area contributed by atoms with E-state index in [1.54, 1.807) is 0 Å². The van der Waals surface area contributed by atoms with E-state index in [1.807, 2.05) is 61.5 Å². The number of nitrogens with zero attached hydrogens (tertiary/aromatic N) is 1. The normalized spacial score (nSPS) is 11.2. The summed E-state index contributed by atoms with van der Waals surface area (Å²) >= 11 is 0. The molecule has 24 heavy (non-hydrogen) atoms. The van der Waals surface area contributed by atoms with E-state index in [4.69, 9.17) is 4.42 Å². The second-order valence-corrected chi connectivity index (χ2v) is 5.87. The fraction of sp³-hybridized carbons (Fsp3) is 0.250. The third kappa shape index (κ3) is 3.55. The summed E-state index contributed by atoms with van der Waals surface area (Å²) in [7, 11) is 0. The van der Waals surface area contributed by atoms with Gasteiger partial charge in [0.1, 0.15) is 5.76 Å². The van der Waals surface area contributed by atoms with Crippen molar-refractivity contribution in [2.24, 2.45) is 0 Å². The summed E-state index contributed by atoms with van der Waals surface area (Å²) in [6.45, 7) is 1.78. The van der Waals surface area contributed by atoms with Crippen molar-refractivity contribution in [3.8, 4) is 11.5 Å². The van der Waals surface area contributed by atoms with Crippen LogP contribution in [0.5, 0.6) is 0 Å². The van der Waals surface area contributed by atoms with Crippen LogP contribution in [0.15, 0.2) is 59.0 Å². The molecular weight excluding hydrogens is 302 g/mol. The number of hydrogen-bond acceptors (Lipinski definition) is 4. The lowest BCUT2D eigenvalue weighted by atomic mass is 9.97. The number of aryl methyl sites for hydroxylation is 1. The molecule has 0 bridgehead atoms. The molecule has 1 heterocycles. The SMILES string of the molecule is Cc1oc(-c2ccccc2)nc1Cc1cccc(C(CO)CO)c1. The first-order valence-electron chi connectivity index (χ1n) is 8.03. The number of hydrogen-bond donors (Lipinski definition) is 2. The maximum atomic E-state index is 9.35. The average molecular weight is 323 g/mol. The Morgan fingerprint density at radius 2 is 1.75 bits per heavy atom. The summed E-state index contributed by atoms with van der Waals surface area (Å²) in [4.78, 5) is 4.62. The van der Waals surface area contributed by atoms with Crippen LogP contribution in [-0.4, -0.2) is 28.4 Å². The van der Waals surface area contributed by atoms with Crippen molar-refractivity contribution >= 4 is 0 Å². The van der Waals surface area contributed by atoms with Crippen LogP contribution in [-0.2, 0) is 6.42 Å². The van der Waals surface area contributed by atoms with Gasteiger partial charge in [0.2, 0.25) is 5.89 Å². The quantitative estimate of drug-likeness (QED) is 0.730. The van der Waals surface area contributed by atoms with Crippen molar-refractivity contribution in [1.82, 2.24) is 4.98 Å². The Hall–Kier alpha value is -2.43. The first kappa shape index (κ1) is 16.4. The van der Waals surface area contributed by atoms with Gasteiger partial charge in [-0.1, -0.05) is 42.5 Å². The number of aliphatic hydroxyl groups is 2. The van der Waals surface area contributed by atoms with Crippen LogP contribution in [0.2, 0.25) is 0 Å². The molecule has 0 aliphatic heterocycles. The van der Waals surface area contributed by atoms with Crippen molar-refractivity contribution < 1.29 is 14.6 Å². The monoisotopic (exact) mass is 323 g/mol. The van der Waals surface area contributed by atoms with E-state index >= 15 is 0 Å². The molecular formula is C20H21NO3. The van der Waals surface area contributed by atoms with Gasteiger partial charge >= 0.3 is 0 Å². The zero-order valence-corrected chi connectivity index (χ0v) is 13.6. The van der Waals surface area contributed by atoms with Crippen molar-refractivity contribution in [3.05, 3.63) is 77.2 Å². The Morgan fingerprint density at radius 1 is 1.00 bits per heavy atom. The van der Waals surface area contributed by atoms with Crippen LogP contribution in [0, 0.1) is 6.92 Å². The van der Waals surface area contributed by atoms with Gasteiger partial charge in [-0.15, -0.1) is 0 Å². The topological polar surface area (TPSA) is 66.5 Å². The summed E-state index contributed by atoms with van der Waals surface area (Å²) in [5.41, 5.74) is 3.87. The zero-order chi connectivity index (χ0) is 16.9. The third-order valence-electron chi connectivity index (χ3n) is 4.15. The standard InChI is InChI=1S/C20H21NO3/c1-14-19(21-20(24-14)16-7-3-2-4-8-16)11-15-6-5-9-17(10-15)18(12-22)13-23/h2-10,18,22-23H,11-13H2,1H3. The highest BCUT2D eigenvalue weighted by molar-refractivity contribution is 5.53. The Balaban J connectivity index is 1.84. The highest BCUT2D eigenvalue weighted by atomic mass is 16.4. The number of aromatic nitrogens is 1. The van der Waals surface area contributed by atoms with E-state index in [9.17, 15) is 10.2 Å². The molecule has 2 N–H and O–H groups in total. The predicted molar refractivity (Wildman–Crippen MR) is 92.8 cm³/mol. The maximum absolute atomic E-state index is 9.35. The molecule has 0 unspecified atom stereocenters. The third-order valence-corrected chi connectivity index (χ3v) is 4.15. The van der Waals surface area contributed by atoms with Gasteiger partial charge in [0.15, 0.2) is 0 Å². The number of rotatable bonds is 6. The molecule has 3 aromatic rings. The molecule has 2 aromatic carbocycles. The highest BCUT2D eigenvalue weighted by Gasteiger charge is 2.13. The summed E-state index contributed by atoms with van der Waals surface area (Å²) in [6.07, 6.45) is 0.652. The van der Waals surface area contributed by atoms with Gasteiger partial charge in [-0.3, -0.25) is 0 Å². The lowest BCUT2D eigenvalue weighted by molar-refractivity contribution is 0.192. The van der Waals surface area contributed by atoms with E-state index < -0.39 is 0 Å². The molecule has 1 aromatic heterocycles. The molecule has 0 amide bonds. The van der Waals surface area contributed by atoms with Crippen LogP contribution in [0.3, 0.4) is 0 Å². The number of aliphatic hydroxyl groups excluding tert-OH is 2. The molecule has 0 spiro atoms. The van der Waals surface area contributed by atoms with Gasteiger partial charge in [0.25, 0.3) is 0 Å². The number of benzene rings is 2. The summed E-state index contributed by atoms with van der Waals surface area (Å²) in [6, 6.07) is 17.7. The average Bonchev–Trinajstić information content (AvgIpc) is 2.98. The lowest BCUT2D eigenvalue weighted by Crippen LogP contribution is -2.09. The molecule has 0 atom stereocenters. The molecule has 3 rings (SSSR count). The van der Waals surface area contributed by atoms with Crippen LogP contribution >= 0.6 is 0 Å². The van der Waals surface area contributed by atoms with E-state index in [1.165, 1.54) is 0 Å². The van der Waals surface area contributed by atoms with Crippen molar-refractivity contribution in [3.63, 3.8) is 0 Å². The van der Waals surface area contributed by atoms with Gasteiger partial charge in [-0.2, -0.15) is 0 Å². The van der Waals surface area contributed by atoms with Crippen LogP contribution in [0.25, 0.3) is 11.5 Å². The number of oxazole rings is 1. The molecule has 0 fully saturated rings. The molecule has 0 saturated carbocycles. The highest BCUT2D eigenvalue weighted by Crippen LogP contribution is 2.24. The minimum Gasteiger partial charge on any atom is -0.441 e. The van der Waals surface area contributed by atoms with Crippen molar-refractivity contribution in [2.75, 3.05) is 13.2 Å². The summed E-state index contributed by atoms with van der Waals surface area (Å²) in [5.74, 6) is 1.19. The van der Waals surface area contributed by atoms with Gasteiger partial charge in [0, 0.05) is 17.9 Å². The predicted octanol–water partition coefficient (Wildman–Crippen LogP) is 3.31. The Labute approximate surface area is 141 Å². The molecule has 4 heteroatoms. The molecule has 0 aliphatic rings. The van der Waals surface area contributed by atoms with Crippen LogP contribution in [0.4, 0.5) is 0 Å². The molecule has 0 radical (unpaired) electrons. The van der Waals surface area contributed by atoms with E-state index in [0.717, 1.165) is 28.1 Å². The minimum absolute atomic E-state index is 0.0684.